The van der Waals surface area contributed by atoms with Crippen LogP contribution in [0, 0.1) is 12.7 Å². The molecular formula is C13H12FN3S. The fourth-order valence-electron chi connectivity index (χ4n) is 1.51. The molecule has 0 saturated heterocycles. The molecule has 1 heterocycles. The Morgan fingerprint density at radius 1 is 1.33 bits per heavy atom. The minimum Gasteiger partial charge on any atom is -0.388 e. The second-order valence-electron chi connectivity index (χ2n) is 3.83. The van der Waals surface area contributed by atoms with E-state index in [1.54, 1.807) is 37.4 Å². The fourth-order valence-corrected chi connectivity index (χ4v) is 1.63. The van der Waals surface area contributed by atoms with Crippen LogP contribution in [0.3, 0.4) is 0 Å². The van der Waals surface area contributed by atoms with E-state index in [0.29, 0.717) is 16.9 Å². The molecule has 0 bridgehead atoms. The number of nitrogens with zero attached hydrogens (tertiary/aromatic N) is 1. The SMILES string of the molecule is Cc1c(F)cccc1Nc1ccc(C(N)=S)nc1. The number of benzene rings is 1. The lowest BCUT2D eigenvalue weighted by atomic mass is 10.2. The van der Waals surface area contributed by atoms with Gasteiger partial charge in [0.2, 0.25) is 0 Å². The van der Waals surface area contributed by atoms with E-state index < -0.39 is 0 Å². The number of halogens is 1. The minimum absolute atomic E-state index is 0.243. The van der Waals surface area contributed by atoms with Crippen LogP contribution in [0.15, 0.2) is 36.5 Å². The van der Waals surface area contributed by atoms with E-state index in [1.807, 2.05) is 0 Å². The molecule has 0 fully saturated rings. The molecule has 1 aromatic heterocycles. The number of anilines is 2. The number of nitrogens with one attached hydrogen (secondary N) is 1. The number of hydrogen-bond donors (Lipinski definition) is 2. The summed E-state index contributed by atoms with van der Waals surface area (Å²) >= 11 is 4.82. The van der Waals surface area contributed by atoms with Gasteiger partial charge in [-0.25, -0.2) is 4.39 Å². The monoisotopic (exact) mass is 261 g/mol. The number of pyridine rings is 1. The van der Waals surface area contributed by atoms with Crippen LogP contribution in [0.1, 0.15) is 11.3 Å². The molecule has 3 N–H and O–H groups in total. The summed E-state index contributed by atoms with van der Waals surface area (Å²) in [6.45, 7) is 1.72. The zero-order valence-electron chi connectivity index (χ0n) is 9.77. The molecule has 0 aliphatic heterocycles. The van der Waals surface area contributed by atoms with Crippen LogP contribution < -0.4 is 11.1 Å². The third-order valence-corrected chi connectivity index (χ3v) is 2.77. The van der Waals surface area contributed by atoms with Gasteiger partial charge >= 0.3 is 0 Å². The first kappa shape index (κ1) is 12.4. The molecule has 5 heteroatoms. The zero-order chi connectivity index (χ0) is 13.1. The Kier molecular flexibility index (Phi) is 3.53. The first-order valence-electron chi connectivity index (χ1n) is 5.36. The van der Waals surface area contributed by atoms with E-state index in [2.05, 4.69) is 10.3 Å². The minimum atomic E-state index is -0.243. The lowest BCUT2D eigenvalue weighted by molar-refractivity contribution is 0.619. The van der Waals surface area contributed by atoms with Crippen LogP contribution in [0.4, 0.5) is 15.8 Å². The Balaban J connectivity index is 2.24. The average molecular weight is 261 g/mol. The number of nitrogens with two attached hydrogens (primary N) is 1. The standard InChI is InChI=1S/C13H12FN3S/c1-8-10(14)3-2-4-11(8)17-9-5-6-12(13(15)18)16-7-9/h2-7,17H,1H3,(H2,15,18). The van der Waals surface area contributed by atoms with Crippen molar-refractivity contribution in [2.45, 2.75) is 6.92 Å². The van der Waals surface area contributed by atoms with Crippen LogP contribution in [-0.4, -0.2) is 9.97 Å². The summed E-state index contributed by atoms with van der Waals surface area (Å²) in [5.74, 6) is -0.243. The van der Waals surface area contributed by atoms with Gasteiger partial charge in [0.15, 0.2) is 0 Å². The number of rotatable bonds is 3. The lowest BCUT2D eigenvalue weighted by Crippen LogP contribution is -2.11. The molecule has 18 heavy (non-hydrogen) atoms. The van der Waals surface area contributed by atoms with Gasteiger partial charge in [-0.15, -0.1) is 0 Å². The molecule has 0 atom stereocenters. The van der Waals surface area contributed by atoms with Crippen molar-refractivity contribution in [3.05, 3.63) is 53.6 Å². The molecule has 0 aliphatic carbocycles. The molecule has 0 radical (unpaired) electrons. The molecule has 0 saturated carbocycles. The maximum atomic E-state index is 13.4. The van der Waals surface area contributed by atoms with Crippen molar-refractivity contribution < 1.29 is 4.39 Å². The van der Waals surface area contributed by atoms with E-state index in [4.69, 9.17) is 18.0 Å². The molecule has 3 nitrogen and oxygen atoms in total. The quantitative estimate of drug-likeness (QED) is 0.834. The first-order chi connectivity index (χ1) is 8.58. The van der Waals surface area contributed by atoms with Crippen molar-refractivity contribution >= 4 is 28.6 Å². The molecule has 0 amide bonds. The Bertz CT molecular complexity index is 581. The Hall–Kier alpha value is -2.01. The highest BCUT2D eigenvalue weighted by Crippen LogP contribution is 2.21. The number of aromatic nitrogens is 1. The highest BCUT2D eigenvalue weighted by molar-refractivity contribution is 7.80. The summed E-state index contributed by atoms with van der Waals surface area (Å²) in [7, 11) is 0. The van der Waals surface area contributed by atoms with Gasteiger partial charge in [-0.1, -0.05) is 18.3 Å². The second kappa shape index (κ2) is 5.10. The van der Waals surface area contributed by atoms with Gasteiger partial charge in [0.1, 0.15) is 10.8 Å². The van der Waals surface area contributed by atoms with Crippen molar-refractivity contribution in [3.63, 3.8) is 0 Å². The van der Waals surface area contributed by atoms with Crippen LogP contribution in [0.2, 0.25) is 0 Å². The molecule has 2 aromatic rings. The van der Waals surface area contributed by atoms with Crippen molar-refractivity contribution in [1.82, 2.24) is 4.98 Å². The molecule has 92 valence electrons. The van der Waals surface area contributed by atoms with E-state index in [-0.39, 0.29) is 10.8 Å². The molecule has 0 spiro atoms. The van der Waals surface area contributed by atoms with E-state index in [1.165, 1.54) is 6.07 Å². The summed E-state index contributed by atoms with van der Waals surface area (Å²) in [4.78, 5) is 4.36. The van der Waals surface area contributed by atoms with Crippen LogP contribution in [0.5, 0.6) is 0 Å². The highest BCUT2D eigenvalue weighted by Gasteiger charge is 2.04. The van der Waals surface area contributed by atoms with Crippen LogP contribution >= 0.6 is 12.2 Å². The third-order valence-electron chi connectivity index (χ3n) is 2.56. The second-order valence-corrected chi connectivity index (χ2v) is 4.27. The topological polar surface area (TPSA) is 50.9 Å². The Morgan fingerprint density at radius 3 is 2.72 bits per heavy atom. The van der Waals surface area contributed by atoms with Crippen LogP contribution in [-0.2, 0) is 0 Å². The van der Waals surface area contributed by atoms with Crippen molar-refractivity contribution in [2.24, 2.45) is 5.73 Å². The van der Waals surface area contributed by atoms with E-state index >= 15 is 0 Å². The van der Waals surface area contributed by atoms with Gasteiger partial charge in [0.25, 0.3) is 0 Å². The molecule has 0 aliphatic rings. The summed E-state index contributed by atoms with van der Waals surface area (Å²) in [6.07, 6.45) is 1.61. The maximum absolute atomic E-state index is 13.4. The third kappa shape index (κ3) is 2.62. The fraction of sp³-hybridized carbons (Fsp3) is 0.0769. The number of hydrogen-bond acceptors (Lipinski definition) is 3. The van der Waals surface area contributed by atoms with Gasteiger partial charge in [0, 0.05) is 11.3 Å². The Labute approximate surface area is 110 Å². The van der Waals surface area contributed by atoms with Crippen molar-refractivity contribution in [3.8, 4) is 0 Å². The van der Waals surface area contributed by atoms with Gasteiger partial charge in [-0.2, -0.15) is 0 Å². The predicted molar refractivity (Wildman–Crippen MR) is 74.5 cm³/mol. The molecule has 1 aromatic carbocycles. The highest BCUT2D eigenvalue weighted by atomic mass is 32.1. The maximum Gasteiger partial charge on any atom is 0.128 e. The smallest absolute Gasteiger partial charge is 0.128 e. The van der Waals surface area contributed by atoms with Crippen molar-refractivity contribution in [1.29, 1.82) is 0 Å². The lowest BCUT2D eigenvalue weighted by Gasteiger charge is -2.10. The first-order valence-corrected chi connectivity index (χ1v) is 5.77. The largest absolute Gasteiger partial charge is 0.388 e. The molecule has 2 rings (SSSR count). The zero-order valence-corrected chi connectivity index (χ0v) is 10.6. The normalized spacial score (nSPS) is 10.1. The molecule has 0 unspecified atom stereocenters. The summed E-state index contributed by atoms with van der Waals surface area (Å²) in [5, 5.41) is 3.09. The summed E-state index contributed by atoms with van der Waals surface area (Å²) < 4.78 is 13.4. The van der Waals surface area contributed by atoms with Crippen molar-refractivity contribution in [2.75, 3.05) is 5.32 Å². The number of thiocarbonyl (C=S) groups is 1. The average Bonchev–Trinajstić information content (AvgIpc) is 2.36. The Morgan fingerprint density at radius 2 is 2.11 bits per heavy atom. The molecular weight excluding hydrogens is 249 g/mol. The summed E-state index contributed by atoms with van der Waals surface area (Å²) in [6, 6.07) is 8.40. The van der Waals surface area contributed by atoms with Gasteiger partial charge in [0.05, 0.1) is 17.6 Å². The van der Waals surface area contributed by atoms with Gasteiger partial charge < -0.3 is 11.1 Å². The van der Waals surface area contributed by atoms with Gasteiger partial charge in [-0.3, -0.25) is 4.98 Å². The predicted octanol–water partition coefficient (Wildman–Crippen LogP) is 2.91. The van der Waals surface area contributed by atoms with E-state index in [9.17, 15) is 4.39 Å². The van der Waals surface area contributed by atoms with E-state index in [0.717, 1.165) is 5.69 Å². The summed E-state index contributed by atoms with van der Waals surface area (Å²) in [5.41, 5.74) is 8.05. The van der Waals surface area contributed by atoms with Gasteiger partial charge in [-0.05, 0) is 31.2 Å². The van der Waals surface area contributed by atoms with Crippen LogP contribution in [0.25, 0.3) is 0 Å².